The Hall–Kier alpha value is -2.00. The Labute approximate surface area is 139 Å². The molecule has 2 aliphatic rings. The number of carboxylic acid groups (broad SMARTS) is 2. The van der Waals surface area contributed by atoms with E-state index < -0.39 is 35.2 Å². The third-order valence-electron chi connectivity index (χ3n) is 5.19. The van der Waals surface area contributed by atoms with Crippen molar-refractivity contribution in [3.8, 4) is 0 Å². The summed E-state index contributed by atoms with van der Waals surface area (Å²) in [5.74, 6) is -1.98. The molecule has 1 saturated heterocycles. The highest BCUT2D eigenvalue weighted by molar-refractivity contribution is 6.07. The number of aliphatic hydroxyl groups is 1. The molecule has 0 aliphatic carbocycles. The van der Waals surface area contributed by atoms with Crippen molar-refractivity contribution in [2.24, 2.45) is 4.99 Å². The van der Waals surface area contributed by atoms with Crippen LogP contribution in [0.1, 0.15) is 34.1 Å². The predicted molar refractivity (Wildman–Crippen MR) is 81.0 cm³/mol. The van der Waals surface area contributed by atoms with Crippen molar-refractivity contribution in [1.29, 1.82) is 0 Å². The summed E-state index contributed by atoms with van der Waals surface area (Å²) in [6.45, 7) is 6.73. The highest BCUT2D eigenvalue weighted by atomic mass is 16.4. The molecule has 0 spiro atoms. The minimum absolute atomic E-state index is 0.0235. The van der Waals surface area contributed by atoms with Crippen LogP contribution in [-0.2, 0) is 9.59 Å². The van der Waals surface area contributed by atoms with Gasteiger partial charge in [0.25, 0.3) is 12.0 Å². The normalized spacial score (nSPS) is 34.2. The number of aliphatic imine (C=N–C) groups is 1. The first kappa shape index (κ1) is 18.3. The topological polar surface area (TPSA) is 130 Å². The van der Waals surface area contributed by atoms with Crippen LogP contribution < -0.4 is 5.11 Å². The van der Waals surface area contributed by atoms with E-state index in [0.717, 1.165) is 0 Å². The van der Waals surface area contributed by atoms with E-state index in [0.29, 0.717) is 0 Å². The van der Waals surface area contributed by atoms with Gasteiger partial charge in [0, 0.05) is 0 Å². The van der Waals surface area contributed by atoms with E-state index in [2.05, 4.69) is 4.99 Å². The number of hydrogen-bond donors (Lipinski definition) is 2. The van der Waals surface area contributed by atoms with Crippen LogP contribution in [0.4, 0.5) is 4.79 Å². The van der Waals surface area contributed by atoms with Gasteiger partial charge in [-0.1, -0.05) is 0 Å². The molecule has 24 heavy (non-hydrogen) atoms. The van der Waals surface area contributed by atoms with Crippen LogP contribution in [0.3, 0.4) is 0 Å². The molecule has 2 aliphatic heterocycles. The Balaban J connectivity index is 2.48. The summed E-state index contributed by atoms with van der Waals surface area (Å²) in [7, 11) is 0. The van der Waals surface area contributed by atoms with E-state index in [1.54, 1.807) is 20.8 Å². The fraction of sp³-hybridized carbons (Fsp3) is 0.733. The lowest BCUT2D eigenvalue weighted by atomic mass is 9.92. The largest absolute Gasteiger partial charge is 0.498 e. The second-order valence-electron chi connectivity index (χ2n) is 7.47. The Morgan fingerprint density at radius 2 is 1.96 bits per heavy atom. The number of aliphatic hydroxyl groups excluding tert-OH is 1. The molecule has 0 saturated carbocycles. The molecular weight excluding hydrogens is 318 g/mol. The van der Waals surface area contributed by atoms with Gasteiger partial charge in [0.15, 0.2) is 11.6 Å². The molecule has 0 aromatic carbocycles. The fourth-order valence-electron chi connectivity index (χ4n) is 3.30. The van der Waals surface area contributed by atoms with Crippen molar-refractivity contribution >= 4 is 23.8 Å². The average molecular weight is 341 g/mol. The summed E-state index contributed by atoms with van der Waals surface area (Å²) >= 11 is 0. The third kappa shape index (κ3) is 2.48. The molecule has 1 fully saturated rings. The van der Waals surface area contributed by atoms with Gasteiger partial charge < -0.3 is 20.1 Å². The molecule has 2 amide bonds. The minimum atomic E-state index is -1.97. The maximum absolute atomic E-state index is 12.4. The van der Waals surface area contributed by atoms with Crippen LogP contribution in [0.5, 0.6) is 0 Å². The van der Waals surface area contributed by atoms with Crippen molar-refractivity contribution in [3.63, 3.8) is 0 Å². The van der Waals surface area contributed by atoms with Crippen molar-refractivity contribution in [3.05, 3.63) is 0 Å². The second kappa shape index (κ2) is 5.52. The molecule has 3 atom stereocenters. The van der Waals surface area contributed by atoms with Gasteiger partial charge in [-0.05, 0) is 27.7 Å². The lowest BCUT2D eigenvalue weighted by Crippen LogP contribution is -2.68. The monoisotopic (exact) mass is 341 g/mol. The maximum atomic E-state index is 12.4. The number of carbonyl (C=O) groups is 3. The molecule has 9 heteroatoms. The zero-order valence-corrected chi connectivity index (χ0v) is 14.3. The second-order valence-corrected chi connectivity index (χ2v) is 7.47. The van der Waals surface area contributed by atoms with E-state index in [9.17, 15) is 29.7 Å². The highest BCUT2D eigenvalue weighted by Crippen LogP contribution is 2.31. The van der Waals surface area contributed by atoms with Gasteiger partial charge in [0.2, 0.25) is 0 Å². The molecule has 3 unspecified atom stereocenters. The van der Waals surface area contributed by atoms with Gasteiger partial charge in [0.05, 0.1) is 25.0 Å². The smallest absolute Gasteiger partial charge is 0.334 e. The van der Waals surface area contributed by atoms with Gasteiger partial charge in [-0.3, -0.25) is 19.2 Å². The lowest BCUT2D eigenvalue weighted by molar-refractivity contribution is -0.917. The van der Waals surface area contributed by atoms with Crippen LogP contribution in [0.15, 0.2) is 4.99 Å². The average Bonchev–Trinajstić information content (AvgIpc) is 2.64. The molecule has 2 heterocycles. The van der Waals surface area contributed by atoms with Crippen molar-refractivity contribution in [1.82, 2.24) is 4.90 Å². The van der Waals surface area contributed by atoms with Crippen molar-refractivity contribution in [2.45, 2.75) is 51.3 Å². The van der Waals surface area contributed by atoms with E-state index in [1.165, 1.54) is 11.8 Å². The minimum Gasteiger partial charge on any atom is -0.498 e. The number of rotatable bonds is 1. The zero-order chi connectivity index (χ0) is 18.5. The van der Waals surface area contributed by atoms with Gasteiger partial charge in [0.1, 0.15) is 12.4 Å². The number of quaternary nitrogens is 1. The van der Waals surface area contributed by atoms with Crippen LogP contribution in [0, 0.1) is 0 Å². The first-order valence-corrected chi connectivity index (χ1v) is 7.77. The Morgan fingerprint density at radius 1 is 1.38 bits per heavy atom. The molecular formula is C15H23N3O6. The molecule has 9 nitrogen and oxygen atoms in total. The summed E-state index contributed by atoms with van der Waals surface area (Å²) < 4.78 is -0.379. The van der Waals surface area contributed by atoms with Crippen LogP contribution in [-0.4, -0.2) is 80.2 Å². The van der Waals surface area contributed by atoms with Gasteiger partial charge >= 0.3 is 5.97 Å². The predicted octanol–water partition coefficient (Wildman–Crippen LogP) is -1.21. The summed E-state index contributed by atoms with van der Waals surface area (Å²) in [6.07, 6.45) is -2.96. The molecule has 2 N–H and O–H groups in total. The highest BCUT2D eigenvalue weighted by Gasteiger charge is 2.53. The SMILES string of the molecule is CC1(C(=O)O)N=C2CC[N+](C(=O)[O-])(C(C)(C)C)CCN2C(=O)C1O. The molecule has 134 valence electrons. The van der Waals surface area contributed by atoms with Gasteiger partial charge in [-0.2, -0.15) is 0 Å². The molecule has 0 aromatic heterocycles. The Bertz CT molecular complexity index is 625. The first-order chi connectivity index (χ1) is 10.9. The summed E-state index contributed by atoms with van der Waals surface area (Å²) in [5, 5.41) is 31.2. The van der Waals surface area contributed by atoms with Crippen LogP contribution >= 0.6 is 0 Å². The number of hydrogen-bond acceptors (Lipinski definition) is 6. The fourth-order valence-corrected chi connectivity index (χ4v) is 3.30. The van der Waals surface area contributed by atoms with Crippen molar-refractivity contribution in [2.75, 3.05) is 19.6 Å². The van der Waals surface area contributed by atoms with E-state index >= 15 is 0 Å². The number of carboxylic acids is 1. The maximum Gasteiger partial charge on any atom is 0.334 e. The Morgan fingerprint density at radius 3 is 2.42 bits per heavy atom. The van der Waals surface area contributed by atoms with E-state index in [4.69, 9.17) is 0 Å². The number of fused-ring (bicyclic) bond motifs is 1. The van der Waals surface area contributed by atoms with Crippen LogP contribution in [0.25, 0.3) is 0 Å². The molecule has 2 rings (SSSR count). The summed E-state index contributed by atoms with van der Waals surface area (Å²) in [6, 6.07) is 0. The quantitative estimate of drug-likeness (QED) is 0.576. The standard InChI is InChI=1S/C15H23N3O6/c1-14(2,3)18(13(23)24)7-5-9-16-15(4,12(21)22)10(19)11(20)17(9)6-8-18/h10,19H,5-8H2,1-4H3,(H-,21,22,23,24). The zero-order valence-electron chi connectivity index (χ0n) is 14.3. The number of amidine groups is 1. The van der Waals surface area contributed by atoms with Crippen LogP contribution in [0.2, 0.25) is 0 Å². The Kier molecular flexibility index (Phi) is 4.22. The van der Waals surface area contributed by atoms with Crippen molar-refractivity contribution < 1.29 is 34.2 Å². The van der Waals surface area contributed by atoms with Gasteiger partial charge in [-0.15, -0.1) is 0 Å². The number of nitrogens with zero attached hydrogens (tertiary/aromatic N) is 3. The third-order valence-corrected chi connectivity index (χ3v) is 5.19. The molecule has 0 aromatic rings. The molecule has 0 radical (unpaired) electrons. The number of aliphatic carboxylic acids is 1. The summed E-state index contributed by atoms with van der Waals surface area (Å²) in [4.78, 5) is 41.0. The van der Waals surface area contributed by atoms with E-state index in [-0.39, 0.29) is 36.4 Å². The van der Waals surface area contributed by atoms with Gasteiger partial charge in [-0.25, -0.2) is 4.79 Å². The summed E-state index contributed by atoms with van der Waals surface area (Å²) in [5.41, 5.74) is -2.64. The number of amides is 2. The first-order valence-electron chi connectivity index (χ1n) is 7.77. The molecule has 0 bridgehead atoms. The van der Waals surface area contributed by atoms with E-state index in [1.807, 2.05) is 0 Å². The lowest BCUT2D eigenvalue weighted by Gasteiger charge is -2.47. The number of carbonyl (C=O) groups excluding carboxylic acids is 2.